The van der Waals surface area contributed by atoms with Crippen LogP contribution in [0.1, 0.15) is 5.56 Å². The minimum Gasteiger partial charge on any atom is -0.493 e. The fraction of sp³-hybridized carbons (Fsp3) is 0.333. The molecule has 0 saturated carbocycles. The molecule has 0 aliphatic carbocycles. The van der Waals surface area contributed by atoms with Crippen molar-refractivity contribution in [2.45, 2.75) is 6.54 Å². The van der Waals surface area contributed by atoms with Crippen LogP contribution < -0.4 is 29.4 Å². The highest BCUT2D eigenvalue weighted by molar-refractivity contribution is 7.90. The van der Waals surface area contributed by atoms with Gasteiger partial charge in [-0.2, -0.15) is 12.7 Å². The van der Waals surface area contributed by atoms with Gasteiger partial charge in [-0.05, 0) is 17.7 Å². The van der Waals surface area contributed by atoms with E-state index in [4.69, 9.17) is 14.2 Å². The lowest BCUT2D eigenvalue weighted by Gasteiger charge is -2.20. The molecule has 0 aliphatic rings. The van der Waals surface area contributed by atoms with Gasteiger partial charge in [0.25, 0.3) is 5.56 Å². The van der Waals surface area contributed by atoms with Crippen molar-refractivity contribution in [2.24, 2.45) is 0 Å². The Hall–Kier alpha value is -3.51. The number of hydrogen-bond acceptors (Lipinski definition) is 8. The first kappa shape index (κ1) is 24.1. The Kier molecular flexibility index (Phi) is 6.98. The molecule has 178 valence electrons. The molecule has 2 aromatic carbocycles. The fourth-order valence-corrected chi connectivity index (χ4v) is 3.87. The van der Waals surface area contributed by atoms with Gasteiger partial charge in [0, 0.05) is 33.8 Å². The van der Waals surface area contributed by atoms with Crippen LogP contribution in [0.4, 0.5) is 11.6 Å². The zero-order valence-electron chi connectivity index (χ0n) is 19.3. The summed E-state index contributed by atoms with van der Waals surface area (Å²) in [5.41, 5.74) is 1.22. The van der Waals surface area contributed by atoms with Gasteiger partial charge in [0.15, 0.2) is 11.5 Å². The highest BCUT2D eigenvalue weighted by Gasteiger charge is 2.21. The molecular weight excluding hydrogens is 450 g/mol. The third kappa shape index (κ3) is 4.96. The molecule has 0 fully saturated rings. The standard InChI is InChI=1S/C21H27N5O6S/c1-25(2)33(28,29)24-14-9-7-8-13(10-14)12-26(3)21-22-15-11-16(30-4)18(31-5)19(32-6)17(15)20(27)23-21/h7-11,24H,12H2,1-6H3,(H,22,23,27). The number of nitrogens with zero attached hydrogens (tertiary/aromatic N) is 3. The second-order valence-electron chi connectivity index (χ2n) is 7.37. The van der Waals surface area contributed by atoms with Gasteiger partial charge in [-0.15, -0.1) is 0 Å². The monoisotopic (exact) mass is 477 g/mol. The summed E-state index contributed by atoms with van der Waals surface area (Å²) in [5, 5.41) is 0.243. The molecular formula is C21H27N5O6S. The van der Waals surface area contributed by atoms with E-state index in [-0.39, 0.29) is 11.1 Å². The number of rotatable bonds is 9. The summed E-state index contributed by atoms with van der Waals surface area (Å²) < 4.78 is 43.9. The number of nitrogens with one attached hydrogen (secondary N) is 2. The van der Waals surface area contributed by atoms with E-state index in [1.54, 1.807) is 36.2 Å². The summed E-state index contributed by atoms with van der Waals surface area (Å²) in [6, 6.07) is 8.58. The van der Waals surface area contributed by atoms with Crippen LogP contribution in [0.25, 0.3) is 10.9 Å². The van der Waals surface area contributed by atoms with Crippen LogP contribution in [0.3, 0.4) is 0 Å². The number of aromatic nitrogens is 2. The summed E-state index contributed by atoms with van der Waals surface area (Å²) in [6.45, 7) is 0.358. The van der Waals surface area contributed by atoms with Crippen LogP contribution in [0.5, 0.6) is 17.2 Å². The third-order valence-electron chi connectivity index (χ3n) is 4.92. The molecule has 11 nitrogen and oxygen atoms in total. The van der Waals surface area contributed by atoms with Crippen molar-refractivity contribution in [3.05, 3.63) is 46.2 Å². The van der Waals surface area contributed by atoms with Gasteiger partial charge in [0.2, 0.25) is 11.7 Å². The SMILES string of the molecule is COc1cc2nc(N(C)Cc3cccc(NS(=O)(=O)N(C)C)c3)[nH]c(=O)c2c(OC)c1OC. The summed E-state index contributed by atoms with van der Waals surface area (Å²) in [4.78, 5) is 22.0. The Morgan fingerprint density at radius 1 is 1.03 bits per heavy atom. The van der Waals surface area contributed by atoms with E-state index in [9.17, 15) is 13.2 Å². The van der Waals surface area contributed by atoms with Crippen molar-refractivity contribution in [2.75, 3.05) is 52.1 Å². The van der Waals surface area contributed by atoms with Gasteiger partial charge >= 0.3 is 10.2 Å². The molecule has 0 bridgehead atoms. The Labute approximate surface area is 192 Å². The van der Waals surface area contributed by atoms with E-state index in [1.807, 2.05) is 6.07 Å². The molecule has 2 N–H and O–H groups in total. The normalized spacial score (nSPS) is 11.5. The number of H-pyrrole nitrogens is 1. The first-order valence-electron chi connectivity index (χ1n) is 9.84. The summed E-state index contributed by atoms with van der Waals surface area (Å²) >= 11 is 0. The maximum atomic E-state index is 12.9. The number of anilines is 2. The molecule has 0 spiro atoms. The van der Waals surface area contributed by atoms with Gasteiger partial charge in [-0.1, -0.05) is 12.1 Å². The average molecular weight is 478 g/mol. The van der Waals surface area contributed by atoms with E-state index >= 15 is 0 Å². The fourth-order valence-electron chi connectivity index (χ4n) is 3.26. The minimum atomic E-state index is -3.62. The van der Waals surface area contributed by atoms with E-state index < -0.39 is 15.8 Å². The van der Waals surface area contributed by atoms with E-state index in [2.05, 4.69) is 14.7 Å². The number of hydrogen-bond donors (Lipinski definition) is 2. The van der Waals surface area contributed by atoms with Gasteiger partial charge in [-0.3, -0.25) is 14.5 Å². The Balaban J connectivity index is 1.96. The quantitative estimate of drug-likeness (QED) is 0.478. The van der Waals surface area contributed by atoms with Crippen LogP contribution in [-0.4, -0.2) is 65.2 Å². The second kappa shape index (κ2) is 9.55. The molecule has 0 saturated heterocycles. The van der Waals surface area contributed by atoms with E-state index in [1.165, 1.54) is 35.4 Å². The first-order chi connectivity index (χ1) is 15.6. The molecule has 1 aromatic heterocycles. The largest absolute Gasteiger partial charge is 0.493 e. The van der Waals surface area contributed by atoms with Gasteiger partial charge in [0.05, 0.1) is 32.5 Å². The highest BCUT2D eigenvalue weighted by Crippen LogP contribution is 2.41. The number of methoxy groups -OCH3 is 3. The van der Waals surface area contributed by atoms with Gasteiger partial charge < -0.3 is 19.1 Å². The molecule has 33 heavy (non-hydrogen) atoms. The zero-order valence-corrected chi connectivity index (χ0v) is 20.1. The van der Waals surface area contributed by atoms with E-state index in [0.29, 0.717) is 35.2 Å². The van der Waals surface area contributed by atoms with Crippen LogP contribution in [-0.2, 0) is 16.8 Å². The highest BCUT2D eigenvalue weighted by atomic mass is 32.2. The average Bonchev–Trinajstić information content (AvgIpc) is 2.77. The Morgan fingerprint density at radius 2 is 1.73 bits per heavy atom. The van der Waals surface area contributed by atoms with Gasteiger partial charge in [-0.25, -0.2) is 4.98 Å². The Morgan fingerprint density at radius 3 is 2.33 bits per heavy atom. The lowest BCUT2D eigenvalue weighted by molar-refractivity contribution is 0.327. The summed E-state index contributed by atoms with van der Waals surface area (Å²) in [5.74, 6) is 1.24. The molecule has 0 unspecified atom stereocenters. The molecule has 0 amide bonds. The van der Waals surface area contributed by atoms with Crippen LogP contribution in [0.2, 0.25) is 0 Å². The lowest BCUT2D eigenvalue weighted by Crippen LogP contribution is -2.29. The topological polar surface area (TPSA) is 126 Å². The predicted molar refractivity (Wildman–Crippen MR) is 127 cm³/mol. The van der Waals surface area contributed by atoms with Crippen molar-refractivity contribution in [1.29, 1.82) is 0 Å². The molecule has 0 atom stereocenters. The predicted octanol–water partition coefficient (Wildman–Crippen LogP) is 1.80. The number of aromatic amines is 1. The van der Waals surface area contributed by atoms with Gasteiger partial charge in [0.1, 0.15) is 5.39 Å². The zero-order chi connectivity index (χ0) is 24.3. The van der Waals surface area contributed by atoms with Crippen molar-refractivity contribution in [3.8, 4) is 17.2 Å². The molecule has 0 aliphatic heterocycles. The van der Waals surface area contributed by atoms with Crippen molar-refractivity contribution < 1.29 is 22.6 Å². The molecule has 3 rings (SSSR count). The van der Waals surface area contributed by atoms with Crippen molar-refractivity contribution >= 4 is 32.7 Å². The molecule has 12 heteroatoms. The third-order valence-corrected chi connectivity index (χ3v) is 6.38. The maximum absolute atomic E-state index is 12.9. The number of benzene rings is 2. The Bertz CT molecular complexity index is 1320. The van der Waals surface area contributed by atoms with Crippen LogP contribution in [0, 0.1) is 0 Å². The second-order valence-corrected chi connectivity index (χ2v) is 9.26. The maximum Gasteiger partial charge on any atom is 0.301 e. The summed E-state index contributed by atoms with van der Waals surface area (Å²) in [7, 11) is 5.42. The molecule has 0 radical (unpaired) electrons. The first-order valence-corrected chi connectivity index (χ1v) is 11.3. The number of ether oxygens (including phenoxy) is 3. The van der Waals surface area contributed by atoms with Crippen molar-refractivity contribution in [3.63, 3.8) is 0 Å². The molecule has 3 aromatic rings. The molecule has 1 heterocycles. The van der Waals surface area contributed by atoms with Crippen molar-refractivity contribution in [1.82, 2.24) is 14.3 Å². The lowest BCUT2D eigenvalue weighted by atomic mass is 10.2. The van der Waals surface area contributed by atoms with E-state index in [0.717, 1.165) is 9.87 Å². The van der Waals surface area contributed by atoms with Crippen LogP contribution in [0.15, 0.2) is 35.1 Å². The summed E-state index contributed by atoms with van der Waals surface area (Å²) in [6.07, 6.45) is 0. The minimum absolute atomic E-state index is 0.232. The smallest absolute Gasteiger partial charge is 0.301 e. The number of fused-ring (bicyclic) bond motifs is 1. The van der Waals surface area contributed by atoms with Crippen LogP contribution >= 0.6 is 0 Å².